The Labute approximate surface area is 203 Å². The van der Waals surface area contributed by atoms with Gasteiger partial charge in [0.25, 0.3) is 5.91 Å². The molecule has 3 aromatic carbocycles. The third kappa shape index (κ3) is 5.47. The summed E-state index contributed by atoms with van der Waals surface area (Å²) in [5, 5.41) is 26.7. The molecule has 0 atom stereocenters. The van der Waals surface area contributed by atoms with E-state index in [2.05, 4.69) is 26.1 Å². The summed E-state index contributed by atoms with van der Waals surface area (Å²) in [6, 6.07) is 19.0. The van der Waals surface area contributed by atoms with Crippen LogP contribution in [0.1, 0.15) is 27.0 Å². The maximum atomic E-state index is 12.2. The molecule has 0 aliphatic carbocycles. The number of primary amides is 1. The zero-order chi connectivity index (χ0) is 24.9. The summed E-state index contributed by atoms with van der Waals surface area (Å²) in [6.45, 7) is 4.11. The smallest absolute Gasteiger partial charge is 0.256 e. The first-order chi connectivity index (χ1) is 16.8. The number of rotatable bonds is 9. The number of carbonyl (C=O) groups excluding carboxylic acids is 1. The number of hydrogen-bond acceptors (Lipinski definition) is 7. The first kappa shape index (κ1) is 23.5. The van der Waals surface area contributed by atoms with E-state index < -0.39 is 5.91 Å². The number of aromatic nitrogens is 2. The number of ether oxygens (including phenoxy) is 1. The van der Waals surface area contributed by atoms with Crippen molar-refractivity contribution in [2.45, 2.75) is 20.4 Å². The first-order valence-corrected chi connectivity index (χ1v) is 11.0. The number of carbonyl (C=O) groups is 1. The van der Waals surface area contributed by atoms with Crippen molar-refractivity contribution in [2.75, 3.05) is 23.1 Å². The van der Waals surface area contributed by atoms with Gasteiger partial charge in [0.05, 0.1) is 7.11 Å². The Morgan fingerprint density at radius 2 is 1.66 bits per heavy atom. The highest BCUT2D eigenvalue weighted by Crippen LogP contribution is 2.28. The van der Waals surface area contributed by atoms with Gasteiger partial charge in [0.1, 0.15) is 22.9 Å². The lowest BCUT2D eigenvalue weighted by molar-refractivity contribution is 0.100. The Balaban J connectivity index is 1.46. The highest BCUT2D eigenvalue weighted by atomic mass is 16.5. The van der Waals surface area contributed by atoms with Crippen molar-refractivity contribution in [3.8, 4) is 11.5 Å². The van der Waals surface area contributed by atoms with Crippen LogP contribution in [0.25, 0.3) is 0 Å². The Morgan fingerprint density at radius 3 is 2.29 bits per heavy atom. The summed E-state index contributed by atoms with van der Waals surface area (Å²) in [5.41, 5.74) is 10.9. The molecule has 1 amide bonds. The molecule has 0 spiro atoms. The highest BCUT2D eigenvalue weighted by Gasteiger charge is 2.19. The second kappa shape index (κ2) is 10.1. The minimum absolute atomic E-state index is 0.232. The molecular formula is C26H28N6O3. The van der Waals surface area contributed by atoms with Crippen LogP contribution < -0.4 is 26.4 Å². The zero-order valence-corrected chi connectivity index (χ0v) is 19.8. The molecule has 0 fully saturated rings. The molecule has 0 aliphatic heterocycles. The molecule has 7 N–H and O–H groups in total. The fraction of sp³-hybridized carbons (Fsp3) is 0.154. The lowest BCUT2D eigenvalue weighted by Crippen LogP contribution is -2.15. The molecule has 1 heterocycles. The molecule has 1 aromatic heterocycles. The van der Waals surface area contributed by atoms with E-state index in [0.717, 1.165) is 39.5 Å². The number of anilines is 5. The SMILES string of the molecule is COc1cccc(Nc2ccc(Nc3n[nH]c(NCc4cc(C)c(O)c(C)c4)c3C(N)=O)cc2)c1. The summed E-state index contributed by atoms with van der Waals surface area (Å²) in [4.78, 5) is 12.2. The highest BCUT2D eigenvalue weighted by molar-refractivity contribution is 6.03. The topological polar surface area (TPSA) is 137 Å². The van der Waals surface area contributed by atoms with Crippen LogP contribution >= 0.6 is 0 Å². The second-order valence-corrected chi connectivity index (χ2v) is 8.18. The lowest BCUT2D eigenvalue weighted by atomic mass is 10.1. The average Bonchev–Trinajstić information content (AvgIpc) is 3.25. The van der Waals surface area contributed by atoms with Gasteiger partial charge in [-0.3, -0.25) is 9.89 Å². The summed E-state index contributed by atoms with van der Waals surface area (Å²) in [7, 11) is 1.63. The Morgan fingerprint density at radius 1 is 1.00 bits per heavy atom. The largest absolute Gasteiger partial charge is 0.507 e. The Bertz CT molecular complexity index is 1320. The third-order valence-corrected chi connectivity index (χ3v) is 5.54. The van der Waals surface area contributed by atoms with Crippen molar-refractivity contribution < 1.29 is 14.6 Å². The number of nitrogens with zero attached hydrogens (tertiary/aromatic N) is 1. The summed E-state index contributed by atoms with van der Waals surface area (Å²) in [6.07, 6.45) is 0. The second-order valence-electron chi connectivity index (χ2n) is 8.18. The van der Waals surface area contributed by atoms with Crippen LogP contribution in [0.15, 0.2) is 60.7 Å². The molecule has 0 saturated heterocycles. The number of phenols is 1. The lowest BCUT2D eigenvalue weighted by Gasteiger charge is -2.11. The molecule has 0 radical (unpaired) electrons. The maximum Gasteiger partial charge on any atom is 0.256 e. The number of aromatic hydroxyl groups is 1. The van der Waals surface area contributed by atoms with Gasteiger partial charge in [0.15, 0.2) is 5.82 Å². The molecule has 0 bridgehead atoms. The van der Waals surface area contributed by atoms with E-state index in [0.29, 0.717) is 18.2 Å². The van der Waals surface area contributed by atoms with Crippen molar-refractivity contribution in [1.82, 2.24) is 10.2 Å². The van der Waals surface area contributed by atoms with Crippen LogP contribution in [-0.2, 0) is 6.54 Å². The van der Waals surface area contributed by atoms with Crippen LogP contribution in [-0.4, -0.2) is 28.3 Å². The number of H-pyrrole nitrogens is 1. The first-order valence-electron chi connectivity index (χ1n) is 11.0. The number of aryl methyl sites for hydroxylation is 2. The van der Waals surface area contributed by atoms with Crippen molar-refractivity contribution >= 4 is 34.6 Å². The monoisotopic (exact) mass is 472 g/mol. The van der Waals surface area contributed by atoms with Gasteiger partial charge in [-0.25, -0.2) is 0 Å². The average molecular weight is 473 g/mol. The van der Waals surface area contributed by atoms with Gasteiger partial charge >= 0.3 is 0 Å². The number of nitrogens with two attached hydrogens (primary N) is 1. The molecule has 0 aliphatic rings. The number of nitrogens with one attached hydrogen (secondary N) is 4. The molecule has 35 heavy (non-hydrogen) atoms. The number of methoxy groups -OCH3 is 1. The number of hydrogen-bond donors (Lipinski definition) is 6. The van der Waals surface area contributed by atoms with E-state index in [4.69, 9.17) is 10.5 Å². The standard InChI is InChI=1S/C26H28N6O3/c1-15-11-17(12-16(2)23(15)33)14-28-25-22(24(27)34)26(32-31-25)30-19-9-7-18(8-10-19)29-20-5-4-6-21(13-20)35-3/h4-13,29,33H,14H2,1-3H3,(H2,27,34)(H3,28,30,31,32). The van der Waals surface area contributed by atoms with E-state index in [-0.39, 0.29) is 11.3 Å². The third-order valence-electron chi connectivity index (χ3n) is 5.54. The van der Waals surface area contributed by atoms with Crippen molar-refractivity contribution in [2.24, 2.45) is 5.73 Å². The van der Waals surface area contributed by atoms with Crippen LogP contribution in [0.4, 0.5) is 28.7 Å². The number of aromatic amines is 1. The van der Waals surface area contributed by atoms with Gasteiger partial charge in [-0.05, 0) is 66.9 Å². The Kier molecular flexibility index (Phi) is 6.77. The van der Waals surface area contributed by atoms with Crippen LogP contribution in [0.2, 0.25) is 0 Å². The molecule has 0 saturated carbocycles. The Hall–Kier alpha value is -4.66. The molecule has 0 unspecified atom stereocenters. The van der Waals surface area contributed by atoms with Gasteiger partial charge in [-0.1, -0.05) is 18.2 Å². The van der Waals surface area contributed by atoms with Gasteiger partial charge in [-0.15, -0.1) is 0 Å². The van der Waals surface area contributed by atoms with E-state index in [1.165, 1.54) is 0 Å². The zero-order valence-electron chi connectivity index (χ0n) is 19.8. The molecule has 4 rings (SSSR count). The van der Waals surface area contributed by atoms with Gasteiger partial charge < -0.3 is 31.5 Å². The normalized spacial score (nSPS) is 10.6. The molecule has 9 nitrogen and oxygen atoms in total. The predicted octanol–water partition coefficient (Wildman–Crippen LogP) is 4.94. The summed E-state index contributed by atoms with van der Waals surface area (Å²) >= 11 is 0. The van der Waals surface area contributed by atoms with Crippen molar-refractivity contribution in [1.29, 1.82) is 0 Å². The van der Waals surface area contributed by atoms with Crippen LogP contribution in [0, 0.1) is 13.8 Å². The fourth-order valence-electron chi connectivity index (χ4n) is 3.78. The van der Waals surface area contributed by atoms with Crippen LogP contribution in [0.5, 0.6) is 11.5 Å². The van der Waals surface area contributed by atoms with E-state index >= 15 is 0 Å². The quantitative estimate of drug-likeness (QED) is 0.203. The van der Waals surface area contributed by atoms with Gasteiger partial charge in [-0.2, -0.15) is 5.10 Å². The summed E-state index contributed by atoms with van der Waals surface area (Å²) in [5.74, 6) is 1.18. The van der Waals surface area contributed by atoms with Crippen molar-refractivity contribution in [3.05, 3.63) is 82.9 Å². The fourth-order valence-corrected chi connectivity index (χ4v) is 3.78. The number of phenolic OH excluding ortho intramolecular Hbond substituents is 1. The van der Waals surface area contributed by atoms with Gasteiger partial charge in [0, 0.05) is 29.7 Å². The van der Waals surface area contributed by atoms with E-state index in [1.807, 2.05) is 74.5 Å². The number of benzene rings is 3. The summed E-state index contributed by atoms with van der Waals surface area (Å²) < 4.78 is 5.26. The molecule has 180 valence electrons. The number of amides is 1. The van der Waals surface area contributed by atoms with E-state index in [9.17, 15) is 9.90 Å². The maximum absolute atomic E-state index is 12.2. The minimum atomic E-state index is -0.613. The molecular weight excluding hydrogens is 444 g/mol. The van der Waals surface area contributed by atoms with Crippen molar-refractivity contribution in [3.63, 3.8) is 0 Å². The van der Waals surface area contributed by atoms with E-state index in [1.54, 1.807) is 7.11 Å². The minimum Gasteiger partial charge on any atom is -0.507 e. The predicted molar refractivity (Wildman–Crippen MR) is 138 cm³/mol. The van der Waals surface area contributed by atoms with Gasteiger partial charge in [0.2, 0.25) is 0 Å². The van der Waals surface area contributed by atoms with Crippen LogP contribution in [0.3, 0.4) is 0 Å². The molecule has 9 heteroatoms. The molecule has 4 aromatic rings.